The third kappa shape index (κ3) is 3.46. The fraction of sp³-hybridized carbons (Fsp3) is 1.00. The van der Waals surface area contributed by atoms with Gasteiger partial charge in [0.25, 0.3) is 0 Å². The molecule has 0 saturated carbocycles. The highest BCUT2D eigenvalue weighted by atomic mass is 15.2. The molecule has 0 radical (unpaired) electrons. The second kappa shape index (κ2) is 5.31. The van der Waals surface area contributed by atoms with E-state index in [0.29, 0.717) is 12.0 Å². The third-order valence-corrected chi connectivity index (χ3v) is 3.80. The highest BCUT2D eigenvalue weighted by molar-refractivity contribution is 4.93. The average molecular weight is 212 g/mol. The number of likely N-dealkylation sites (tertiary alicyclic amines) is 1. The summed E-state index contributed by atoms with van der Waals surface area (Å²) in [5, 5.41) is 0. The molecular formula is C13H28N2. The van der Waals surface area contributed by atoms with Crippen LogP contribution in [0.1, 0.15) is 53.4 Å². The summed E-state index contributed by atoms with van der Waals surface area (Å²) in [5.74, 6) is 0.698. The van der Waals surface area contributed by atoms with Crippen LogP contribution >= 0.6 is 0 Å². The van der Waals surface area contributed by atoms with Crippen molar-refractivity contribution < 1.29 is 0 Å². The number of hydrogen-bond acceptors (Lipinski definition) is 2. The van der Waals surface area contributed by atoms with Crippen LogP contribution in [0.15, 0.2) is 0 Å². The first-order valence-corrected chi connectivity index (χ1v) is 6.45. The van der Waals surface area contributed by atoms with Crippen LogP contribution in [-0.4, -0.2) is 29.6 Å². The minimum atomic E-state index is 0.171. The molecule has 1 rings (SSSR count). The van der Waals surface area contributed by atoms with Crippen LogP contribution in [0.2, 0.25) is 0 Å². The molecule has 0 spiro atoms. The third-order valence-electron chi connectivity index (χ3n) is 3.80. The minimum absolute atomic E-state index is 0.171. The Morgan fingerprint density at radius 1 is 1.13 bits per heavy atom. The van der Waals surface area contributed by atoms with Crippen LogP contribution in [0, 0.1) is 5.92 Å². The van der Waals surface area contributed by atoms with E-state index < -0.39 is 0 Å². The van der Waals surface area contributed by atoms with Gasteiger partial charge in [0.05, 0.1) is 0 Å². The maximum atomic E-state index is 6.34. The van der Waals surface area contributed by atoms with Gasteiger partial charge in [-0.15, -0.1) is 0 Å². The first-order valence-electron chi connectivity index (χ1n) is 6.45. The average Bonchev–Trinajstić information content (AvgIpc) is 2.18. The highest BCUT2D eigenvalue weighted by Crippen LogP contribution is 2.25. The molecule has 1 fully saturated rings. The van der Waals surface area contributed by atoms with Gasteiger partial charge < -0.3 is 5.73 Å². The standard InChI is InChI=1S/C13H28N2/c1-11(2)10-12(14)13(3,4)15-8-6-5-7-9-15/h11-12H,5-10,14H2,1-4H3. The molecule has 0 bridgehead atoms. The first-order chi connectivity index (χ1) is 6.94. The Labute approximate surface area is 95.2 Å². The van der Waals surface area contributed by atoms with Gasteiger partial charge in [-0.05, 0) is 52.1 Å². The van der Waals surface area contributed by atoms with E-state index >= 15 is 0 Å². The summed E-state index contributed by atoms with van der Waals surface area (Å²) in [6.45, 7) is 11.6. The van der Waals surface area contributed by atoms with Crippen molar-refractivity contribution in [3.63, 3.8) is 0 Å². The molecule has 1 atom stereocenters. The lowest BCUT2D eigenvalue weighted by Gasteiger charge is -2.45. The summed E-state index contributed by atoms with van der Waals surface area (Å²) < 4.78 is 0. The van der Waals surface area contributed by atoms with E-state index in [1.165, 1.54) is 32.4 Å². The van der Waals surface area contributed by atoms with E-state index in [2.05, 4.69) is 32.6 Å². The number of piperidine rings is 1. The SMILES string of the molecule is CC(C)CC(N)C(C)(C)N1CCCCC1. The molecule has 1 unspecified atom stereocenters. The molecular weight excluding hydrogens is 184 g/mol. The van der Waals surface area contributed by atoms with Gasteiger partial charge in [0.1, 0.15) is 0 Å². The molecule has 1 saturated heterocycles. The van der Waals surface area contributed by atoms with E-state index in [9.17, 15) is 0 Å². The lowest BCUT2D eigenvalue weighted by atomic mass is 9.86. The topological polar surface area (TPSA) is 29.3 Å². The first kappa shape index (κ1) is 13.0. The molecule has 0 amide bonds. The van der Waals surface area contributed by atoms with Gasteiger partial charge in [-0.3, -0.25) is 4.90 Å². The van der Waals surface area contributed by atoms with Crippen molar-refractivity contribution in [2.45, 2.75) is 65.0 Å². The van der Waals surface area contributed by atoms with Crippen LogP contribution < -0.4 is 5.73 Å². The molecule has 0 aromatic rings. The Bertz CT molecular complexity index is 181. The Balaban J connectivity index is 2.54. The fourth-order valence-electron chi connectivity index (χ4n) is 2.50. The van der Waals surface area contributed by atoms with Gasteiger partial charge >= 0.3 is 0 Å². The van der Waals surface area contributed by atoms with E-state index in [1.807, 2.05) is 0 Å². The molecule has 1 aliphatic rings. The summed E-state index contributed by atoms with van der Waals surface area (Å²) >= 11 is 0. The van der Waals surface area contributed by atoms with Crippen LogP contribution in [0.25, 0.3) is 0 Å². The predicted molar refractivity (Wildman–Crippen MR) is 66.9 cm³/mol. The molecule has 1 aliphatic heterocycles. The molecule has 2 nitrogen and oxygen atoms in total. The van der Waals surface area contributed by atoms with Crippen molar-refractivity contribution >= 4 is 0 Å². The summed E-state index contributed by atoms with van der Waals surface area (Å²) in [6.07, 6.45) is 5.21. The molecule has 0 aromatic carbocycles. The van der Waals surface area contributed by atoms with Crippen LogP contribution in [0.5, 0.6) is 0 Å². The monoisotopic (exact) mass is 212 g/mol. The summed E-state index contributed by atoms with van der Waals surface area (Å²) in [4.78, 5) is 2.59. The van der Waals surface area contributed by atoms with Gasteiger partial charge in [-0.25, -0.2) is 0 Å². The van der Waals surface area contributed by atoms with Crippen molar-refractivity contribution in [3.05, 3.63) is 0 Å². The van der Waals surface area contributed by atoms with Crippen molar-refractivity contribution in [2.24, 2.45) is 11.7 Å². The second-order valence-electron chi connectivity index (χ2n) is 5.94. The fourth-order valence-corrected chi connectivity index (χ4v) is 2.50. The minimum Gasteiger partial charge on any atom is -0.326 e. The maximum Gasteiger partial charge on any atom is 0.0304 e. The maximum absolute atomic E-state index is 6.34. The van der Waals surface area contributed by atoms with E-state index in [0.717, 1.165) is 6.42 Å². The van der Waals surface area contributed by atoms with Crippen LogP contribution in [0.3, 0.4) is 0 Å². The molecule has 2 N–H and O–H groups in total. The molecule has 15 heavy (non-hydrogen) atoms. The summed E-state index contributed by atoms with van der Waals surface area (Å²) in [5.41, 5.74) is 6.51. The number of hydrogen-bond donors (Lipinski definition) is 1. The van der Waals surface area contributed by atoms with Gasteiger partial charge in [0, 0.05) is 11.6 Å². The van der Waals surface area contributed by atoms with Gasteiger partial charge in [0.15, 0.2) is 0 Å². The zero-order chi connectivity index (χ0) is 11.5. The van der Waals surface area contributed by atoms with Gasteiger partial charge in [-0.2, -0.15) is 0 Å². The normalized spacial score (nSPS) is 22.0. The van der Waals surface area contributed by atoms with E-state index in [1.54, 1.807) is 0 Å². The van der Waals surface area contributed by atoms with Crippen LogP contribution in [-0.2, 0) is 0 Å². The number of nitrogens with zero attached hydrogens (tertiary/aromatic N) is 1. The Hall–Kier alpha value is -0.0800. The number of nitrogens with two attached hydrogens (primary N) is 1. The Kier molecular flexibility index (Phi) is 4.60. The lowest BCUT2D eigenvalue weighted by molar-refractivity contribution is 0.0669. The molecule has 2 heteroatoms. The highest BCUT2D eigenvalue weighted by Gasteiger charge is 2.33. The van der Waals surface area contributed by atoms with E-state index in [4.69, 9.17) is 5.73 Å². The second-order valence-corrected chi connectivity index (χ2v) is 5.94. The van der Waals surface area contributed by atoms with Crippen molar-refractivity contribution in [3.8, 4) is 0 Å². The quantitative estimate of drug-likeness (QED) is 0.776. The molecule has 0 aromatic heterocycles. The van der Waals surface area contributed by atoms with Crippen molar-refractivity contribution in [2.75, 3.05) is 13.1 Å². The van der Waals surface area contributed by atoms with Crippen molar-refractivity contribution in [1.82, 2.24) is 4.90 Å². The Morgan fingerprint density at radius 3 is 2.13 bits per heavy atom. The number of rotatable bonds is 4. The molecule has 0 aliphatic carbocycles. The zero-order valence-corrected chi connectivity index (χ0v) is 10.9. The smallest absolute Gasteiger partial charge is 0.0304 e. The predicted octanol–water partition coefficient (Wildman–Crippen LogP) is 2.62. The van der Waals surface area contributed by atoms with Gasteiger partial charge in [0.2, 0.25) is 0 Å². The molecule has 90 valence electrons. The van der Waals surface area contributed by atoms with Gasteiger partial charge in [-0.1, -0.05) is 20.3 Å². The van der Waals surface area contributed by atoms with Crippen molar-refractivity contribution in [1.29, 1.82) is 0 Å². The lowest BCUT2D eigenvalue weighted by Crippen LogP contribution is -2.57. The largest absolute Gasteiger partial charge is 0.326 e. The summed E-state index contributed by atoms with van der Waals surface area (Å²) in [6, 6.07) is 0.301. The molecule has 1 heterocycles. The van der Waals surface area contributed by atoms with Crippen LogP contribution in [0.4, 0.5) is 0 Å². The van der Waals surface area contributed by atoms with E-state index in [-0.39, 0.29) is 5.54 Å². The zero-order valence-electron chi connectivity index (χ0n) is 10.9. The summed E-state index contributed by atoms with van der Waals surface area (Å²) in [7, 11) is 0. The Morgan fingerprint density at radius 2 is 1.67 bits per heavy atom.